The van der Waals surface area contributed by atoms with E-state index in [9.17, 15) is 4.79 Å². The molecule has 0 aliphatic carbocycles. The van der Waals surface area contributed by atoms with Crippen molar-refractivity contribution in [1.29, 1.82) is 0 Å². The largest absolute Gasteiger partial charge is 0.462 e. The van der Waals surface area contributed by atoms with Gasteiger partial charge in [-0.1, -0.05) is 85.0 Å². The Morgan fingerprint density at radius 3 is 1.92 bits per heavy atom. The Bertz CT molecular complexity index is 357. The van der Waals surface area contributed by atoms with Crippen LogP contribution in [0.1, 0.15) is 118 Å². The maximum atomic E-state index is 11.8. The van der Waals surface area contributed by atoms with Crippen molar-refractivity contribution in [2.45, 2.75) is 124 Å². The van der Waals surface area contributed by atoms with Crippen molar-refractivity contribution in [3.05, 3.63) is 0 Å². The van der Waals surface area contributed by atoms with Crippen molar-refractivity contribution in [1.82, 2.24) is 0 Å². The van der Waals surface area contributed by atoms with E-state index in [-0.39, 0.29) is 22.9 Å². The van der Waals surface area contributed by atoms with Gasteiger partial charge in [-0.3, -0.25) is 4.79 Å². The number of hydrogen-bond donors (Lipinski definition) is 0. The summed E-state index contributed by atoms with van der Waals surface area (Å²) in [5.41, 5.74) is 0.00337. The van der Waals surface area contributed by atoms with Crippen LogP contribution >= 0.6 is 0 Å². The molecule has 0 bridgehead atoms. The third-order valence-corrected chi connectivity index (χ3v) is 5.55. The van der Waals surface area contributed by atoms with Crippen molar-refractivity contribution in [3.63, 3.8) is 0 Å². The number of carbonyl (C=O) groups excluding carboxylic acids is 1. The van der Waals surface area contributed by atoms with Crippen molar-refractivity contribution in [2.24, 2.45) is 10.8 Å². The fraction of sp³-hybridized carbons (Fsp3) is 0.955. The van der Waals surface area contributed by atoms with E-state index in [1.54, 1.807) is 0 Å². The standard InChI is InChI=1S/C22H42O2/c1-6-7-8-9-10-11-12-13-14-15-16-21(2,3)17-19-18-22(4,5)20(23)24-19/h19H,6-18H2,1-5H3. The van der Waals surface area contributed by atoms with Gasteiger partial charge in [0.05, 0.1) is 5.41 Å². The molecule has 0 radical (unpaired) electrons. The predicted octanol–water partition coefficient (Wildman–Crippen LogP) is 7.06. The van der Waals surface area contributed by atoms with Gasteiger partial charge in [0, 0.05) is 0 Å². The van der Waals surface area contributed by atoms with E-state index in [2.05, 4.69) is 20.8 Å². The second-order valence-corrected chi connectivity index (χ2v) is 9.42. The Morgan fingerprint density at radius 1 is 0.958 bits per heavy atom. The third-order valence-electron chi connectivity index (χ3n) is 5.55. The summed E-state index contributed by atoms with van der Waals surface area (Å²) in [4.78, 5) is 11.8. The summed E-state index contributed by atoms with van der Waals surface area (Å²) in [5, 5.41) is 0. The van der Waals surface area contributed by atoms with E-state index in [1.165, 1.54) is 70.6 Å². The monoisotopic (exact) mass is 338 g/mol. The minimum atomic E-state index is -0.280. The first-order valence-electron chi connectivity index (χ1n) is 10.5. The van der Waals surface area contributed by atoms with E-state index >= 15 is 0 Å². The molecule has 1 aliphatic heterocycles. The number of cyclic esters (lactones) is 1. The summed E-state index contributed by atoms with van der Waals surface area (Å²) in [7, 11) is 0. The molecule has 24 heavy (non-hydrogen) atoms. The van der Waals surface area contributed by atoms with E-state index in [1.807, 2.05) is 13.8 Å². The number of hydrogen-bond acceptors (Lipinski definition) is 2. The summed E-state index contributed by atoms with van der Waals surface area (Å²) < 4.78 is 5.57. The molecular formula is C22H42O2. The topological polar surface area (TPSA) is 26.3 Å². The highest BCUT2D eigenvalue weighted by Crippen LogP contribution is 2.39. The van der Waals surface area contributed by atoms with E-state index in [0.29, 0.717) is 0 Å². The number of carbonyl (C=O) groups is 1. The van der Waals surface area contributed by atoms with Gasteiger partial charge in [0.15, 0.2) is 0 Å². The van der Waals surface area contributed by atoms with Gasteiger partial charge in [-0.05, 0) is 38.5 Å². The molecule has 0 aromatic heterocycles. The van der Waals surface area contributed by atoms with Gasteiger partial charge >= 0.3 is 5.97 Å². The molecule has 1 unspecified atom stereocenters. The van der Waals surface area contributed by atoms with E-state index in [0.717, 1.165) is 12.8 Å². The Labute approximate surface area is 151 Å². The van der Waals surface area contributed by atoms with E-state index in [4.69, 9.17) is 4.74 Å². The zero-order chi connectivity index (χ0) is 18.1. The molecule has 0 saturated carbocycles. The quantitative estimate of drug-likeness (QED) is 0.265. The zero-order valence-electron chi connectivity index (χ0n) is 17.1. The van der Waals surface area contributed by atoms with Crippen molar-refractivity contribution < 1.29 is 9.53 Å². The molecule has 0 amide bonds. The average molecular weight is 339 g/mol. The highest BCUT2D eigenvalue weighted by atomic mass is 16.6. The van der Waals surface area contributed by atoms with Gasteiger partial charge in [-0.2, -0.15) is 0 Å². The average Bonchev–Trinajstić information content (AvgIpc) is 2.72. The fourth-order valence-electron chi connectivity index (χ4n) is 3.93. The molecule has 1 heterocycles. The first-order valence-corrected chi connectivity index (χ1v) is 10.5. The smallest absolute Gasteiger partial charge is 0.311 e. The van der Waals surface area contributed by atoms with Gasteiger partial charge in [-0.25, -0.2) is 0 Å². The third kappa shape index (κ3) is 8.53. The van der Waals surface area contributed by atoms with Crippen molar-refractivity contribution in [2.75, 3.05) is 0 Å². The minimum absolute atomic E-state index is 0.0118. The number of rotatable bonds is 13. The number of ether oxygens (including phenoxy) is 1. The lowest BCUT2D eigenvalue weighted by Gasteiger charge is -2.27. The summed E-state index contributed by atoms with van der Waals surface area (Å²) in [6.45, 7) is 11.0. The van der Waals surface area contributed by atoms with Gasteiger partial charge in [0.25, 0.3) is 0 Å². The Kier molecular flexibility index (Phi) is 9.37. The normalized spacial score (nSPS) is 20.4. The molecule has 2 heteroatoms. The predicted molar refractivity (Wildman–Crippen MR) is 103 cm³/mol. The van der Waals surface area contributed by atoms with Crippen LogP contribution in [0, 0.1) is 10.8 Å². The Balaban J connectivity index is 2.04. The summed E-state index contributed by atoms with van der Waals surface area (Å²) in [5.74, 6) is -0.0118. The van der Waals surface area contributed by atoms with E-state index < -0.39 is 0 Å². The highest BCUT2D eigenvalue weighted by Gasteiger charge is 2.42. The van der Waals surface area contributed by atoms with Gasteiger partial charge in [0.2, 0.25) is 0 Å². The van der Waals surface area contributed by atoms with Crippen molar-refractivity contribution in [3.8, 4) is 0 Å². The van der Waals surface area contributed by atoms with Crippen LogP contribution in [0.15, 0.2) is 0 Å². The molecule has 1 atom stereocenters. The Hall–Kier alpha value is -0.530. The molecular weight excluding hydrogens is 296 g/mol. The number of unbranched alkanes of at least 4 members (excludes halogenated alkanes) is 9. The van der Waals surface area contributed by atoms with Gasteiger partial charge in [0.1, 0.15) is 6.10 Å². The van der Waals surface area contributed by atoms with Crippen LogP contribution in [0.5, 0.6) is 0 Å². The molecule has 0 aromatic rings. The summed E-state index contributed by atoms with van der Waals surface area (Å²) in [6.07, 6.45) is 17.2. The summed E-state index contributed by atoms with van der Waals surface area (Å²) >= 11 is 0. The molecule has 1 aliphatic rings. The van der Waals surface area contributed by atoms with Gasteiger partial charge < -0.3 is 4.74 Å². The highest BCUT2D eigenvalue weighted by molar-refractivity contribution is 5.78. The first kappa shape index (κ1) is 21.5. The molecule has 0 N–H and O–H groups in total. The maximum absolute atomic E-state index is 11.8. The lowest BCUT2D eigenvalue weighted by Crippen LogP contribution is -2.20. The first-order chi connectivity index (χ1) is 11.3. The summed E-state index contributed by atoms with van der Waals surface area (Å²) in [6, 6.07) is 0. The second kappa shape index (κ2) is 10.5. The zero-order valence-corrected chi connectivity index (χ0v) is 17.1. The van der Waals surface area contributed by atoms with Crippen LogP contribution in [0.4, 0.5) is 0 Å². The van der Waals surface area contributed by atoms with Crippen molar-refractivity contribution >= 4 is 5.97 Å². The van der Waals surface area contributed by atoms with Crippen LogP contribution in [0.25, 0.3) is 0 Å². The molecule has 1 fully saturated rings. The molecule has 0 aromatic carbocycles. The van der Waals surface area contributed by atoms with Crippen LogP contribution in [-0.2, 0) is 9.53 Å². The van der Waals surface area contributed by atoms with Crippen LogP contribution in [0.2, 0.25) is 0 Å². The lowest BCUT2D eigenvalue weighted by atomic mass is 9.79. The molecule has 142 valence electrons. The van der Waals surface area contributed by atoms with Gasteiger partial charge in [-0.15, -0.1) is 0 Å². The minimum Gasteiger partial charge on any atom is -0.462 e. The lowest BCUT2D eigenvalue weighted by molar-refractivity contribution is -0.148. The molecule has 1 rings (SSSR count). The molecule has 2 nitrogen and oxygen atoms in total. The van der Waals surface area contributed by atoms with Crippen LogP contribution in [0.3, 0.4) is 0 Å². The van der Waals surface area contributed by atoms with Crippen LogP contribution in [-0.4, -0.2) is 12.1 Å². The molecule has 0 spiro atoms. The van der Waals surface area contributed by atoms with Crippen LogP contribution < -0.4 is 0 Å². The second-order valence-electron chi connectivity index (χ2n) is 9.42. The molecule has 1 saturated heterocycles. The Morgan fingerprint density at radius 2 is 1.46 bits per heavy atom. The maximum Gasteiger partial charge on any atom is 0.311 e. The SMILES string of the molecule is CCCCCCCCCCCCC(C)(C)CC1CC(C)(C)C(=O)O1. The fourth-order valence-corrected chi connectivity index (χ4v) is 3.93. The number of esters is 1.